The lowest BCUT2D eigenvalue weighted by Gasteiger charge is -2.45. The molecular formula is C28H29F3N4O4S. The number of benzene rings is 2. The third-order valence-corrected chi connectivity index (χ3v) is 9.12. The van der Waals surface area contributed by atoms with E-state index in [9.17, 15) is 32.9 Å². The van der Waals surface area contributed by atoms with E-state index in [0.29, 0.717) is 36.6 Å². The predicted octanol–water partition coefficient (Wildman–Crippen LogP) is 5.19. The molecule has 3 aliphatic rings. The Labute approximate surface area is 233 Å². The number of nitro groups is 1. The number of carbonyl (C=O) groups excluding carboxylic acids is 2. The second-order valence-electron chi connectivity index (χ2n) is 10.2. The highest BCUT2D eigenvalue weighted by Gasteiger charge is 2.42. The Bertz CT molecular complexity index is 1290. The maximum absolute atomic E-state index is 13.6. The van der Waals surface area contributed by atoms with E-state index in [1.54, 1.807) is 28.0 Å². The van der Waals surface area contributed by atoms with Crippen LogP contribution >= 0.6 is 11.8 Å². The second kappa shape index (κ2) is 11.5. The van der Waals surface area contributed by atoms with Gasteiger partial charge in [0, 0.05) is 55.3 Å². The van der Waals surface area contributed by atoms with Crippen LogP contribution in [0.5, 0.6) is 0 Å². The van der Waals surface area contributed by atoms with E-state index in [0.717, 1.165) is 43.5 Å². The summed E-state index contributed by atoms with van der Waals surface area (Å²) in [7, 11) is 0. The lowest BCUT2D eigenvalue weighted by molar-refractivity contribution is -0.384. The van der Waals surface area contributed by atoms with Crippen LogP contribution in [0.15, 0.2) is 53.4 Å². The highest BCUT2D eigenvalue weighted by molar-refractivity contribution is 8.04. The van der Waals surface area contributed by atoms with Crippen LogP contribution in [0.4, 0.5) is 24.5 Å². The van der Waals surface area contributed by atoms with Gasteiger partial charge in [0.2, 0.25) is 5.91 Å². The molecular weight excluding hydrogens is 545 g/mol. The van der Waals surface area contributed by atoms with Gasteiger partial charge in [0.25, 0.3) is 11.6 Å². The molecule has 2 amide bonds. The molecule has 0 spiro atoms. The Kier molecular flexibility index (Phi) is 8.07. The third kappa shape index (κ3) is 6.11. The summed E-state index contributed by atoms with van der Waals surface area (Å²) in [5, 5.41) is 11.1. The zero-order valence-corrected chi connectivity index (χ0v) is 22.5. The van der Waals surface area contributed by atoms with Gasteiger partial charge in [-0.2, -0.15) is 13.2 Å². The molecule has 0 aromatic heterocycles. The van der Waals surface area contributed by atoms with Crippen molar-refractivity contribution in [2.75, 3.05) is 37.6 Å². The van der Waals surface area contributed by atoms with Gasteiger partial charge >= 0.3 is 6.18 Å². The molecule has 12 heteroatoms. The number of hydrogen-bond acceptors (Lipinski definition) is 6. The number of nitro benzene ring substituents is 1. The standard InChI is InChI=1S/C28H29F3N4O4S/c29-28(30,31)20-7-5-19(6-8-20)17-25-27(37)34(23-3-1-2-4-24(23)40-25)18-26(36)33-15-13-32(14-16-33)21-9-11-22(12-10-21)35(38)39/h5-12,17,23-24H,1-4,13-16,18H2/b25-17-. The number of alkyl halides is 3. The van der Waals surface area contributed by atoms with Gasteiger partial charge in [-0.1, -0.05) is 25.0 Å². The lowest BCUT2D eigenvalue weighted by atomic mass is 9.93. The summed E-state index contributed by atoms with van der Waals surface area (Å²) >= 11 is 1.47. The molecule has 2 heterocycles. The molecule has 3 fully saturated rings. The first-order chi connectivity index (χ1) is 19.1. The summed E-state index contributed by atoms with van der Waals surface area (Å²) in [4.78, 5) is 43.3. The topological polar surface area (TPSA) is 87.0 Å². The van der Waals surface area contributed by atoms with Crippen LogP contribution < -0.4 is 4.90 Å². The first-order valence-corrected chi connectivity index (χ1v) is 14.1. The molecule has 1 aliphatic carbocycles. The number of halogens is 3. The van der Waals surface area contributed by atoms with Gasteiger partial charge in [-0.05, 0) is 48.7 Å². The number of fused-ring (bicyclic) bond motifs is 1. The number of thioether (sulfide) groups is 1. The molecule has 2 aliphatic heterocycles. The summed E-state index contributed by atoms with van der Waals surface area (Å²) in [5.41, 5.74) is 0.635. The van der Waals surface area contributed by atoms with Crippen molar-refractivity contribution in [2.24, 2.45) is 0 Å². The van der Waals surface area contributed by atoms with Gasteiger partial charge in [0.1, 0.15) is 6.54 Å². The zero-order valence-electron chi connectivity index (χ0n) is 21.7. The molecule has 5 rings (SSSR count). The fourth-order valence-corrected chi connectivity index (χ4v) is 7.00. The van der Waals surface area contributed by atoms with Crippen molar-refractivity contribution < 1.29 is 27.7 Å². The number of carbonyl (C=O) groups is 2. The minimum atomic E-state index is -4.43. The van der Waals surface area contributed by atoms with E-state index >= 15 is 0 Å². The molecule has 2 unspecified atom stereocenters. The monoisotopic (exact) mass is 574 g/mol. The summed E-state index contributed by atoms with van der Waals surface area (Å²) < 4.78 is 38.9. The molecule has 0 radical (unpaired) electrons. The minimum absolute atomic E-state index is 0.0229. The van der Waals surface area contributed by atoms with Crippen molar-refractivity contribution in [1.82, 2.24) is 9.80 Å². The largest absolute Gasteiger partial charge is 0.416 e. The first kappa shape index (κ1) is 28.0. The average molecular weight is 575 g/mol. The summed E-state index contributed by atoms with van der Waals surface area (Å²) in [6.07, 6.45) is 0.928. The minimum Gasteiger partial charge on any atom is -0.368 e. The predicted molar refractivity (Wildman–Crippen MR) is 147 cm³/mol. The van der Waals surface area contributed by atoms with Gasteiger partial charge in [-0.3, -0.25) is 19.7 Å². The first-order valence-electron chi connectivity index (χ1n) is 13.2. The van der Waals surface area contributed by atoms with Crippen LogP contribution in [0.1, 0.15) is 36.8 Å². The molecule has 40 heavy (non-hydrogen) atoms. The Balaban J connectivity index is 1.26. The SMILES string of the molecule is O=C(CN1C(=O)/C(=C/c2ccc(C(F)(F)F)cc2)SC2CCCCC21)N1CCN(c2ccc([N+](=O)[O-])cc2)CC1. The van der Waals surface area contributed by atoms with Crippen molar-refractivity contribution in [1.29, 1.82) is 0 Å². The third-order valence-electron chi connectivity index (χ3n) is 7.72. The van der Waals surface area contributed by atoms with Gasteiger partial charge in [-0.25, -0.2) is 0 Å². The maximum Gasteiger partial charge on any atom is 0.416 e. The number of hydrogen-bond donors (Lipinski definition) is 0. The zero-order chi connectivity index (χ0) is 28.4. The van der Waals surface area contributed by atoms with E-state index in [4.69, 9.17) is 0 Å². The van der Waals surface area contributed by atoms with E-state index in [1.165, 1.54) is 36.0 Å². The molecule has 8 nitrogen and oxygen atoms in total. The van der Waals surface area contributed by atoms with E-state index in [2.05, 4.69) is 4.90 Å². The van der Waals surface area contributed by atoms with Crippen molar-refractivity contribution in [3.63, 3.8) is 0 Å². The second-order valence-corrected chi connectivity index (χ2v) is 11.5. The molecule has 2 aromatic rings. The normalized spacial score (nSPS) is 22.8. The number of amides is 2. The lowest BCUT2D eigenvalue weighted by Crippen LogP contribution is -2.57. The fraction of sp³-hybridized carbons (Fsp3) is 0.429. The maximum atomic E-state index is 13.6. The highest BCUT2D eigenvalue weighted by Crippen LogP contribution is 2.42. The van der Waals surface area contributed by atoms with Crippen LogP contribution in [0, 0.1) is 10.1 Å². The molecule has 1 saturated carbocycles. The highest BCUT2D eigenvalue weighted by atomic mass is 32.2. The molecule has 2 saturated heterocycles. The van der Waals surface area contributed by atoms with Crippen LogP contribution in [-0.4, -0.2) is 70.6 Å². The van der Waals surface area contributed by atoms with Crippen molar-refractivity contribution in [2.45, 2.75) is 43.2 Å². The number of nitrogens with zero attached hydrogens (tertiary/aromatic N) is 4. The number of rotatable bonds is 5. The Morgan fingerprint density at radius 2 is 1.65 bits per heavy atom. The van der Waals surface area contributed by atoms with Crippen LogP contribution in [0.3, 0.4) is 0 Å². The summed E-state index contributed by atoms with van der Waals surface area (Å²) in [5.74, 6) is -0.396. The summed E-state index contributed by atoms with van der Waals surface area (Å²) in [6.45, 7) is 2.03. The quantitative estimate of drug-likeness (QED) is 0.278. The van der Waals surface area contributed by atoms with Gasteiger partial charge in [0.05, 0.1) is 15.4 Å². The molecule has 212 valence electrons. The van der Waals surface area contributed by atoms with Crippen molar-refractivity contribution in [3.05, 3.63) is 74.7 Å². The van der Waals surface area contributed by atoms with Gasteiger partial charge < -0.3 is 14.7 Å². The van der Waals surface area contributed by atoms with Crippen LogP contribution in [0.2, 0.25) is 0 Å². The van der Waals surface area contributed by atoms with Crippen molar-refractivity contribution >= 4 is 41.0 Å². The van der Waals surface area contributed by atoms with E-state index in [1.807, 2.05) is 0 Å². The smallest absolute Gasteiger partial charge is 0.368 e. The van der Waals surface area contributed by atoms with Crippen molar-refractivity contribution in [3.8, 4) is 0 Å². The Morgan fingerprint density at radius 3 is 2.27 bits per heavy atom. The molecule has 0 N–H and O–H groups in total. The molecule has 2 aromatic carbocycles. The fourth-order valence-electron chi connectivity index (χ4n) is 5.53. The van der Waals surface area contributed by atoms with Gasteiger partial charge in [-0.15, -0.1) is 11.8 Å². The average Bonchev–Trinajstić information content (AvgIpc) is 2.95. The Hall–Kier alpha value is -3.54. The van der Waals surface area contributed by atoms with Crippen LogP contribution in [0.25, 0.3) is 6.08 Å². The van der Waals surface area contributed by atoms with E-state index in [-0.39, 0.29) is 35.3 Å². The number of non-ortho nitro benzene ring substituents is 1. The number of piperazine rings is 1. The van der Waals surface area contributed by atoms with E-state index < -0.39 is 16.7 Å². The van der Waals surface area contributed by atoms with Crippen LogP contribution in [-0.2, 0) is 15.8 Å². The Morgan fingerprint density at radius 1 is 1.00 bits per heavy atom. The number of anilines is 1. The van der Waals surface area contributed by atoms with Gasteiger partial charge in [0.15, 0.2) is 0 Å². The summed E-state index contributed by atoms with van der Waals surface area (Å²) in [6, 6.07) is 11.0. The molecule has 0 bridgehead atoms. The molecule has 2 atom stereocenters.